The molecule has 0 radical (unpaired) electrons. The van der Waals surface area contributed by atoms with E-state index in [2.05, 4.69) is 189 Å². The van der Waals surface area contributed by atoms with Crippen LogP contribution in [0.3, 0.4) is 0 Å². The minimum absolute atomic E-state index is 0.220. The highest BCUT2D eigenvalue weighted by Crippen LogP contribution is 2.23. The molecule has 1 amide bonds. The van der Waals surface area contributed by atoms with Gasteiger partial charge in [0.15, 0.2) is 6.29 Å². The van der Waals surface area contributed by atoms with E-state index in [0.717, 1.165) is 128 Å². The van der Waals surface area contributed by atoms with Crippen LogP contribution in [0.1, 0.15) is 296 Å². The average molecular weight is 1320 g/mol. The second-order valence-electron chi connectivity index (χ2n) is 25.7. The lowest BCUT2D eigenvalue weighted by molar-refractivity contribution is -0.302. The summed E-state index contributed by atoms with van der Waals surface area (Å²) in [5.74, 6) is -0.220. The van der Waals surface area contributed by atoms with Crippen LogP contribution in [0.5, 0.6) is 0 Å². The van der Waals surface area contributed by atoms with Gasteiger partial charge in [0.1, 0.15) is 24.4 Å². The summed E-state index contributed by atoms with van der Waals surface area (Å²) in [6, 6.07) is -0.859. The molecular formula is C86H141NO8. The van der Waals surface area contributed by atoms with E-state index in [1.165, 1.54) is 135 Å². The van der Waals surface area contributed by atoms with Gasteiger partial charge in [0, 0.05) is 6.42 Å². The molecule has 0 aliphatic carbocycles. The van der Waals surface area contributed by atoms with Gasteiger partial charge in [-0.1, -0.05) is 337 Å². The fraction of sp³-hybridized carbons (Fsp3) is 0.640. The quantitative estimate of drug-likeness (QED) is 0.0261. The summed E-state index contributed by atoms with van der Waals surface area (Å²) in [6.45, 7) is 3.64. The van der Waals surface area contributed by atoms with Crippen molar-refractivity contribution in [3.8, 4) is 0 Å². The highest BCUT2D eigenvalue weighted by molar-refractivity contribution is 5.76. The number of hydrogen-bond acceptors (Lipinski definition) is 8. The van der Waals surface area contributed by atoms with E-state index in [-0.39, 0.29) is 12.5 Å². The van der Waals surface area contributed by atoms with Crippen LogP contribution < -0.4 is 5.32 Å². The Morgan fingerprint density at radius 1 is 0.368 bits per heavy atom. The monoisotopic (exact) mass is 1320 g/mol. The van der Waals surface area contributed by atoms with Crippen molar-refractivity contribution in [2.75, 3.05) is 13.2 Å². The van der Waals surface area contributed by atoms with Gasteiger partial charge in [0.25, 0.3) is 0 Å². The Hall–Kier alpha value is -4.71. The van der Waals surface area contributed by atoms with Gasteiger partial charge in [-0.05, 0) is 135 Å². The molecule has 0 saturated carbocycles. The minimum atomic E-state index is -1.59. The molecule has 0 aromatic heterocycles. The molecule has 0 bridgehead atoms. The maximum Gasteiger partial charge on any atom is 0.220 e. The van der Waals surface area contributed by atoms with Crippen LogP contribution in [0.15, 0.2) is 182 Å². The zero-order valence-electron chi connectivity index (χ0n) is 60.3. The first-order valence-corrected chi connectivity index (χ1v) is 38.5. The SMILES string of the molecule is CC/C=C\C/C=C\C/C=C\C/C=C\C/C=C\C/C=C\C/C=C\C/C=C\C/C=C\C/C=C\C/C=C\C/C=C\CCCCCCC(=O)NC(COC1OC(CO)C(O)C(O)C1O)C(O)/C=C/CC/C=C/CC/C=C/CCCCCCCCCCCCCCCCCCCCCCC. The number of nitrogens with one attached hydrogen (secondary N) is 1. The van der Waals surface area contributed by atoms with Crippen molar-refractivity contribution in [3.63, 3.8) is 0 Å². The topological polar surface area (TPSA) is 149 Å². The van der Waals surface area contributed by atoms with Crippen LogP contribution in [-0.2, 0) is 14.3 Å². The highest BCUT2D eigenvalue weighted by Gasteiger charge is 2.44. The van der Waals surface area contributed by atoms with Crippen LogP contribution in [0, 0.1) is 0 Å². The number of hydrogen-bond donors (Lipinski definition) is 6. The summed E-state index contributed by atoms with van der Waals surface area (Å²) in [5.41, 5.74) is 0. The number of carbonyl (C=O) groups excluding carboxylic acids is 1. The van der Waals surface area contributed by atoms with Gasteiger partial charge in [-0.3, -0.25) is 4.79 Å². The zero-order chi connectivity index (χ0) is 68.5. The van der Waals surface area contributed by atoms with Gasteiger partial charge in [-0.25, -0.2) is 0 Å². The van der Waals surface area contributed by atoms with Gasteiger partial charge >= 0.3 is 0 Å². The molecule has 1 aliphatic heterocycles. The Morgan fingerprint density at radius 2 is 0.663 bits per heavy atom. The van der Waals surface area contributed by atoms with Crippen LogP contribution in [0.4, 0.5) is 0 Å². The van der Waals surface area contributed by atoms with E-state index in [1.54, 1.807) is 6.08 Å². The Bertz CT molecular complexity index is 2170. The Labute approximate surface area is 582 Å². The van der Waals surface area contributed by atoms with Crippen molar-refractivity contribution in [2.24, 2.45) is 0 Å². The van der Waals surface area contributed by atoms with Crippen LogP contribution in [0.25, 0.3) is 0 Å². The lowest BCUT2D eigenvalue weighted by Gasteiger charge is -2.40. The molecule has 0 spiro atoms. The molecule has 1 fully saturated rings. The number of unbranched alkanes of at least 4 members (excludes halogenated alkanes) is 27. The third-order valence-corrected chi connectivity index (χ3v) is 16.9. The standard InChI is InChI=1S/C86H141NO8/c1-3-5-7-9-11-13-15-17-19-21-23-25-27-29-31-33-35-36-37-38-39-40-41-42-43-44-46-48-50-52-54-56-58-60-62-64-66-68-70-72-74-76-82(90)87-79(78-94-86-85(93)84(92)83(91)81(77-88)95-86)80(89)75-73-71-69-67-65-63-61-59-57-55-53-51-49-47-45-34-32-30-28-26-24-22-20-18-16-14-12-10-8-6-4-2/h5,7,11,13,17,19,23,25,29,31,35-36,38-39,41-42,44,46,50,52,56-59,62,64-65,67,73,75,79-81,83-86,88-89,91-93H,3-4,6,8-10,12,14-16,18,20-22,24,26-28,30,32-34,37,40,43,45,47-49,51,53-55,60-61,63,66,68-72,74,76-78H2,1-2H3,(H,87,90)/b7-5-,13-11-,19-17-,25-23-,31-29-,36-35-,39-38-,42-41-,46-44-,52-50-,58-56-,59-57+,64-62-,67-65+,75-73+. The molecule has 538 valence electrons. The molecule has 95 heavy (non-hydrogen) atoms. The van der Waals surface area contributed by atoms with Gasteiger partial charge in [0.05, 0.1) is 25.4 Å². The Kier molecular flexibility index (Phi) is 67.0. The number of rotatable bonds is 65. The summed E-state index contributed by atoms with van der Waals surface area (Å²) >= 11 is 0. The molecule has 1 rings (SSSR count). The van der Waals surface area contributed by atoms with E-state index in [0.29, 0.717) is 19.3 Å². The summed E-state index contributed by atoms with van der Waals surface area (Å²) < 4.78 is 11.3. The Balaban J connectivity index is 2.20. The summed E-state index contributed by atoms with van der Waals surface area (Å²) in [7, 11) is 0. The van der Waals surface area contributed by atoms with Crippen molar-refractivity contribution in [1.82, 2.24) is 5.32 Å². The molecule has 0 aromatic rings. The second kappa shape index (κ2) is 72.0. The maximum atomic E-state index is 13.1. The summed E-state index contributed by atoms with van der Waals surface area (Å²) in [6.07, 6.45) is 109. The average Bonchev–Trinajstić information content (AvgIpc) is 0.836. The molecule has 1 aliphatic rings. The van der Waals surface area contributed by atoms with Crippen LogP contribution in [-0.4, -0.2) is 87.5 Å². The molecule has 0 aromatic carbocycles. The molecule has 7 atom stereocenters. The molecule has 9 heteroatoms. The van der Waals surface area contributed by atoms with E-state index in [9.17, 15) is 30.3 Å². The first-order valence-electron chi connectivity index (χ1n) is 38.5. The lowest BCUT2D eigenvalue weighted by atomic mass is 9.99. The number of aliphatic hydroxyl groups is 5. The predicted octanol–water partition coefficient (Wildman–Crippen LogP) is 22.2. The van der Waals surface area contributed by atoms with E-state index >= 15 is 0 Å². The normalized spacial score (nSPS) is 18.6. The lowest BCUT2D eigenvalue weighted by Crippen LogP contribution is -2.60. The third kappa shape index (κ3) is 60.2. The molecule has 7 unspecified atom stereocenters. The van der Waals surface area contributed by atoms with E-state index in [4.69, 9.17) is 9.47 Å². The van der Waals surface area contributed by atoms with Crippen molar-refractivity contribution < 1.29 is 39.8 Å². The van der Waals surface area contributed by atoms with Gasteiger partial charge < -0.3 is 40.3 Å². The van der Waals surface area contributed by atoms with E-state index < -0.39 is 49.5 Å². The van der Waals surface area contributed by atoms with Crippen molar-refractivity contribution in [1.29, 1.82) is 0 Å². The minimum Gasteiger partial charge on any atom is -0.394 e. The first-order chi connectivity index (χ1) is 46.8. The molecule has 1 heterocycles. The largest absolute Gasteiger partial charge is 0.394 e. The first kappa shape index (κ1) is 88.3. The third-order valence-electron chi connectivity index (χ3n) is 16.9. The Morgan fingerprint density at radius 3 is 1.01 bits per heavy atom. The van der Waals surface area contributed by atoms with Crippen LogP contribution in [0.2, 0.25) is 0 Å². The number of amides is 1. The number of aliphatic hydroxyl groups excluding tert-OH is 5. The maximum absolute atomic E-state index is 13.1. The number of allylic oxidation sites excluding steroid dienone is 29. The van der Waals surface area contributed by atoms with Gasteiger partial charge in [0.2, 0.25) is 5.91 Å². The van der Waals surface area contributed by atoms with Crippen molar-refractivity contribution in [3.05, 3.63) is 182 Å². The predicted molar refractivity (Wildman–Crippen MR) is 409 cm³/mol. The molecule has 1 saturated heterocycles. The van der Waals surface area contributed by atoms with E-state index in [1.807, 2.05) is 6.08 Å². The summed E-state index contributed by atoms with van der Waals surface area (Å²) in [5, 5.41) is 54.8. The van der Waals surface area contributed by atoms with Crippen molar-refractivity contribution in [2.45, 2.75) is 339 Å². The fourth-order valence-electron chi connectivity index (χ4n) is 11.0. The molecule has 9 nitrogen and oxygen atoms in total. The van der Waals surface area contributed by atoms with Gasteiger partial charge in [-0.15, -0.1) is 0 Å². The zero-order valence-corrected chi connectivity index (χ0v) is 60.3. The second-order valence-corrected chi connectivity index (χ2v) is 25.7. The number of carbonyl (C=O) groups is 1. The van der Waals surface area contributed by atoms with Crippen LogP contribution >= 0.6 is 0 Å². The van der Waals surface area contributed by atoms with Crippen molar-refractivity contribution >= 4 is 5.91 Å². The van der Waals surface area contributed by atoms with Gasteiger partial charge in [-0.2, -0.15) is 0 Å². The fourth-order valence-corrected chi connectivity index (χ4v) is 11.0. The smallest absolute Gasteiger partial charge is 0.220 e. The molecular weight excluding hydrogens is 1170 g/mol. The summed E-state index contributed by atoms with van der Waals surface area (Å²) in [4.78, 5) is 13.1. The highest BCUT2D eigenvalue weighted by atomic mass is 16.7. The number of ether oxygens (including phenoxy) is 2. The molecule has 6 N–H and O–H groups in total.